The Morgan fingerprint density at radius 3 is 2.84 bits per heavy atom. The van der Waals surface area contributed by atoms with Gasteiger partial charge in [0.15, 0.2) is 5.76 Å². The fourth-order valence-corrected chi connectivity index (χ4v) is 3.40. The van der Waals surface area contributed by atoms with Crippen molar-refractivity contribution in [2.45, 2.75) is 11.0 Å². The van der Waals surface area contributed by atoms with Crippen LogP contribution in [-0.2, 0) is 5.75 Å². The zero-order valence-corrected chi connectivity index (χ0v) is 13.8. The number of pyridine rings is 1. The molecule has 4 nitrogen and oxygen atoms in total. The molecule has 0 bridgehead atoms. The summed E-state index contributed by atoms with van der Waals surface area (Å²) in [6, 6.07) is 14.1. The number of rotatable bonds is 4. The molecular weight excluding hydrogens is 337 g/mol. The van der Waals surface area contributed by atoms with Crippen LogP contribution >= 0.6 is 11.8 Å². The van der Waals surface area contributed by atoms with Crippen molar-refractivity contribution >= 4 is 17.3 Å². The molecule has 3 heterocycles. The molecule has 3 aromatic heterocycles. The molecule has 0 aliphatic carbocycles. The van der Waals surface area contributed by atoms with Gasteiger partial charge in [-0.2, -0.15) is 5.26 Å². The maximum atomic E-state index is 13.0. The molecule has 122 valence electrons. The predicted molar refractivity (Wildman–Crippen MR) is 93.6 cm³/mol. The van der Waals surface area contributed by atoms with Gasteiger partial charge in [0.2, 0.25) is 0 Å². The first kappa shape index (κ1) is 15.5. The van der Waals surface area contributed by atoms with Gasteiger partial charge in [-0.25, -0.2) is 9.37 Å². The van der Waals surface area contributed by atoms with E-state index in [0.29, 0.717) is 22.3 Å². The van der Waals surface area contributed by atoms with Crippen molar-refractivity contribution in [3.63, 3.8) is 0 Å². The molecule has 0 N–H and O–H groups in total. The van der Waals surface area contributed by atoms with Gasteiger partial charge in [0.1, 0.15) is 11.9 Å². The van der Waals surface area contributed by atoms with Crippen LogP contribution in [0.1, 0.15) is 11.1 Å². The van der Waals surface area contributed by atoms with Crippen LogP contribution in [0.25, 0.3) is 16.8 Å². The fraction of sp³-hybridized carbons (Fsp3) is 0.0526. The third-order valence-corrected chi connectivity index (χ3v) is 4.73. The van der Waals surface area contributed by atoms with E-state index in [0.717, 1.165) is 16.6 Å². The van der Waals surface area contributed by atoms with Crippen molar-refractivity contribution in [3.05, 3.63) is 78.0 Å². The van der Waals surface area contributed by atoms with Crippen LogP contribution in [0.2, 0.25) is 0 Å². The van der Waals surface area contributed by atoms with Gasteiger partial charge in [-0.3, -0.25) is 0 Å². The highest BCUT2D eigenvalue weighted by atomic mass is 32.2. The zero-order valence-electron chi connectivity index (χ0n) is 13.0. The van der Waals surface area contributed by atoms with Crippen LogP contribution in [0.15, 0.2) is 70.7 Å². The maximum absolute atomic E-state index is 13.0. The Bertz CT molecular complexity index is 1080. The van der Waals surface area contributed by atoms with Crippen LogP contribution in [0.3, 0.4) is 0 Å². The Morgan fingerprint density at radius 1 is 1.20 bits per heavy atom. The first-order valence-electron chi connectivity index (χ1n) is 7.58. The largest absolute Gasteiger partial charge is 0.431 e. The monoisotopic (exact) mass is 349 g/mol. The highest BCUT2D eigenvalue weighted by Crippen LogP contribution is 2.29. The average Bonchev–Trinajstić information content (AvgIpc) is 3.24. The van der Waals surface area contributed by atoms with Gasteiger partial charge in [0.05, 0.1) is 17.3 Å². The van der Waals surface area contributed by atoms with E-state index in [2.05, 4.69) is 11.1 Å². The molecule has 0 spiro atoms. The van der Waals surface area contributed by atoms with E-state index < -0.39 is 0 Å². The summed E-state index contributed by atoms with van der Waals surface area (Å²) < 4.78 is 20.7. The summed E-state index contributed by atoms with van der Waals surface area (Å²) >= 11 is 1.42. The van der Waals surface area contributed by atoms with E-state index in [4.69, 9.17) is 4.42 Å². The number of nitriles is 1. The van der Waals surface area contributed by atoms with Gasteiger partial charge in [0.25, 0.3) is 5.22 Å². The highest BCUT2D eigenvalue weighted by molar-refractivity contribution is 7.98. The molecule has 0 aliphatic rings. The van der Waals surface area contributed by atoms with Crippen molar-refractivity contribution in [2.24, 2.45) is 0 Å². The van der Waals surface area contributed by atoms with Crippen LogP contribution in [0.4, 0.5) is 4.39 Å². The molecule has 0 aliphatic heterocycles. The minimum atomic E-state index is -0.289. The molecule has 0 unspecified atom stereocenters. The number of thioether (sulfide) groups is 1. The summed E-state index contributed by atoms with van der Waals surface area (Å²) in [5, 5.41) is 9.95. The van der Waals surface area contributed by atoms with E-state index in [-0.39, 0.29) is 5.82 Å². The van der Waals surface area contributed by atoms with E-state index in [9.17, 15) is 9.65 Å². The summed E-state index contributed by atoms with van der Waals surface area (Å²) in [6.07, 6.45) is 5.49. The second-order valence-electron chi connectivity index (χ2n) is 5.42. The molecule has 0 radical (unpaired) electrons. The lowest BCUT2D eigenvalue weighted by Gasteiger charge is -1.97. The second kappa shape index (κ2) is 6.46. The fourth-order valence-electron chi connectivity index (χ4n) is 2.63. The smallest absolute Gasteiger partial charge is 0.256 e. The van der Waals surface area contributed by atoms with Gasteiger partial charge < -0.3 is 8.82 Å². The Kier molecular flexibility index (Phi) is 4.00. The van der Waals surface area contributed by atoms with Gasteiger partial charge in [-0.05, 0) is 42.0 Å². The van der Waals surface area contributed by atoms with Crippen LogP contribution < -0.4 is 0 Å². The highest BCUT2D eigenvalue weighted by Gasteiger charge is 2.12. The summed E-state index contributed by atoms with van der Waals surface area (Å²) in [5.74, 6) is 0.876. The normalized spacial score (nSPS) is 10.9. The van der Waals surface area contributed by atoms with E-state index in [1.165, 1.54) is 23.9 Å². The molecule has 0 fully saturated rings. The number of benzene rings is 1. The van der Waals surface area contributed by atoms with Crippen molar-refractivity contribution < 1.29 is 8.81 Å². The third kappa shape index (κ3) is 3.02. The topological polar surface area (TPSA) is 54.2 Å². The van der Waals surface area contributed by atoms with Crippen molar-refractivity contribution in [1.82, 2.24) is 9.38 Å². The van der Waals surface area contributed by atoms with Crippen LogP contribution in [0.5, 0.6) is 0 Å². The second-order valence-corrected chi connectivity index (χ2v) is 6.35. The summed E-state index contributed by atoms with van der Waals surface area (Å²) in [5.41, 5.74) is 3.26. The average molecular weight is 349 g/mol. The Balaban J connectivity index is 1.54. The minimum Gasteiger partial charge on any atom is -0.431 e. The quantitative estimate of drug-likeness (QED) is 0.492. The number of fused-ring (bicyclic) bond motifs is 1. The lowest BCUT2D eigenvalue weighted by atomic mass is 10.2. The molecule has 4 rings (SSSR count). The van der Waals surface area contributed by atoms with Crippen LogP contribution in [0, 0.1) is 17.1 Å². The lowest BCUT2D eigenvalue weighted by molar-refractivity contribution is 0.466. The molecule has 1 aromatic carbocycles. The maximum Gasteiger partial charge on any atom is 0.256 e. The number of hydrogen-bond donors (Lipinski definition) is 0. The van der Waals surface area contributed by atoms with Gasteiger partial charge in [-0.1, -0.05) is 17.8 Å². The molecule has 0 amide bonds. The standard InChI is InChI=1S/C19H12FN3OS/c20-15-6-4-13(5-7-15)18-10-22-19(24-18)25-12-14-11-23-8-2-1-3-17(23)16(14)9-21/h1-8,10-11H,12H2. The number of oxazole rings is 1. The molecule has 0 saturated carbocycles. The number of hydrogen-bond acceptors (Lipinski definition) is 4. The summed E-state index contributed by atoms with van der Waals surface area (Å²) in [6.45, 7) is 0. The van der Waals surface area contributed by atoms with Gasteiger partial charge >= 0.3 is 0 Å². The number of nitrogens with zero attached hydrogens (tertiary/aromatic N) is 3. The number of halogens is 1. The molecule has 6 heteroatoms. The van der Waals surface area contributed by atoms with E-state index >= 15 is 0 Å². The van der Waals surface area contributed by atoms with Crippen molar-refractivity contribution in [2.75, 3.05) is 0 Å². The SMILES string of the molecule is N#Cc1c(CSc2ncc(-c3ccc(F)cc3)o2)cn2ccccc12. The first-order chi connectivity index (χ1) is 12.2. The lowest BCUT2D eigenvalue weighted by Crippen LogP contribution is -1.81. The molecule has 4 aromatic rings. The molecule has 25 heavy (non-hydrogen) atoms. The van der Waals surface area contributed by atoms with Gasteiger partial charge in [0, 0.05) is 23.7 Å². The Hall–Kier alpha value is -3.04. The third-order valence-electron chi connectivity index (χ3n) is 3.84. The van der Waals surface area contributed by atoms with Crippen LogP contribution in [-0.4, -0.2) is 9.38 Å². The zero-order chi connectivity index (χ0) is 17.2. The van der Waals surface area contributed by atoms with E-state index in [1.807, 2.05) is 35.0 Å². The first-order valence-corrected chi connectivity index (χ1v) is 8.56. The molecule has 0 atom stereocenters. The molecule has 0 saturated heterocycles. The summed E-state index contributed by atoms with van der Waals surface area (Å²) in [7, 11) is 0. The van der Waals surface area contributed by atoms with E-state index in [1.54, 1.807) is 18.3 Å². The van der Waals surface area contributed by atoms with Gasteiger partial charge in [-0.15, -0.1) is 0 Å². The molecular formula is C19H12FN3OS. The Morgan fingerprint density at radius 2 is 2.04 bits per heavy atom. The minimum absolute atomic E-state index is 0.289. The summed E-state index contributed by atoms with van der Waals surface area (Å²) in [4.78, 5) is 4.25. The predicted octanol–water partition coefficient (Wildman–Crippen LogP) is 4.90. The van der Waals surface area contributed by atoms with Crippen molar-refractivity contribution in [1.29, 1.82) is 5.26 Å². The Labute approximate surface area is 147 Å². The number of aromatic nitrogens is 2. The van der Waals surface area contributed by atoms with Crippen molar-refractivity contribution in [3.8, 4) is 17.4 Å².